The van der Waals surface area contributed by atoms with Crippen LogP contribution in [0.1, 0.15) is 28.8 Å². The third-order valence-electron chi connectivity index (χ3n) is 3.81. The van der Waals surface area contributed by atoms with E-state index in [4.69, 9.17) is 5.84 Å². The molecule has 1 aliphatic rings. The van der Waals surface area contributed by atoms with Crippen LogP contribution in [-0.2, 0) is 0 Å². The largest absolute Gasteiger partial charge is 0.391 e. The van der Waals surface area contributed by atoms with Gasteiger partial charge in [0.15, 0.2) is 0 Å². The third-order valence-corrected chi connectivity index (χ3v) is 3.81. The monoisotopic (exact) mass is 301 g/mol. The number of carbonyl (C=O) groups excluding carboxylic acids is 1. The second-order valence-electron chi connectivity index (χ2n) is 5.30. The Balaban J connectivity index is 2.09. The second-order valence-corrected chi connectivity index (χ2v) is 5.30. The Bertz CT molecular complexity index is 523. The first-order valence-corrected chi connectivity index (χ1v) is 6.76. The fourth-order valence-electron chi connectivity index (χ4n) is 2.54. The van der Waals surface area contributed by atoms with Gasteiger partial charge < -0.3 is 10.3 Å². The summed E-state index contributed by atoms with van der Waals surface area (Å²) >= 11 is 0. The molecule has 7 heteroatoms. The van der Waals surface area contributed by atoms with Crippen LogP contribution in [0.25, 0.3) is 0 Å². The summed E-state index contributed by atoms with van der Waals surface area (Å²) in [6, 6.07) is 5.15. The lowest BCUT2D eigenvalue weighted by atomic mass is 9.95. The average Bonchev–Trinajstić information content (AvgIpc) is 2.45. The Labute approximate surface area is 121 Å². The van der Waals surface area contributed by atoms with Crippen LogP contribution in [0.2, 0.25) is 0 Å². The Kier molecular flexibility index (Phi) is 4.41. The van der Waals surface area contributed by atoms with Gasteiger partial charge >= 0.3 is 6.18 Å². The maximum Gasteiger partial charge on any atom is 0.391 e. The predicted octanol–water partition coefficient (Wildman–Crippen LogP) is 2.70. The number of carbonyl (C=O) groups is 1. The van der Waals surface area contributed by atoms with Crippen LogP contribution in [0, 0.1) is 12.8 Å². The molecule has 0 spiro atoms. The lowest BCUT2D eigenvalue weighted by Crippen LogP contribution is -2.42. The van der Waals surface area contributed by atoms with Crippen molar-refractivity contribution in [3.8, 4) is 0 Å². The maximum atomic E-state index is 12.6. The summed E-state index contributed by atoms with van der Waals surface area (Å²) in [6.07, 6.45) is -4.28. The van der Waals surface area contributed by atoms with E-state index in [1.165, 1.54) is 4.90 Å². The number of nitrogens with zero attached hydrogens (tertiary/aromatic N) is 1. The first kappa shape index (κ1) is 15.6. The molecule has 0 aromatic heterocycles. The fraction of sp³-hybridized carbons (Fsp3) is 0.500. The maximum absolute atomic E-state index is 12.6. The van der Waals surface area contributed by atoms with Gasteiger partial charge in [-0.3, -0.25) is 10.6 Å². The van der Waals surface area contributed by atoms with Crippen molar-refractivity contribution in [2.75, 3.05) is 18.5 Å². The number of piperidine rings is 1. The number of hydrogen-bond donors (Lipinski definition) is 2. The third kappa shape index (κ3) is 3.47. The zero-order chi connectivity index (χ0) is 15.6. The van der Waals surface area contributed by atoms with Gasteiger partial charge in [-0.25, -0.2) is 0 Å². The number of alkyl halides is 3. The van der Waals surface area contributed by atoms with E-state index in [-0.39, 0.29) is 31.8 Å². The van der Waals surface area contributed by atoms with Crippen molar-refractivity contribution < 1.29 is 18.0 Å². The van der Waals surface area contributed by atoms with E-state index in [0.717, 1.165) is 5.56 Å². The Morgan fingerprint density at radius 2 is 1.95 bits per heavy atom. The number of hydrogen-bond acceptors (Lipinski definition) is 3. The molecule has 1 aromatic rings. The van der Waals surface area contributed by atoms with Crippen molar-refractivity contribution >= 4 is 11.6 Å². The zero-order valence-electron chi connectivity index (χ0n) is 11.7. The molecular weight excluding hydrogens is 283 g/mol. The molecule has 1 aromatic carbocycles. The minimum Gasteiger partial charge on any atom is -0.339 e. The smallest absolute Gasteiger partial charge is 0.339 e. The van der Waals surface area contributed by atoms with Crippen molar-refractivity contribution in [2.45, 2.75) is 25.9 Å². The van der Waals surface area contributed by atoms with E-state index in [2.05, 4.69) is 5.43 Å². The van der Waals surface area contributed by atoms with Crippen molar-refractivity contribution in [3.63, 3.8) is 0 Å². The molecular formula is C14H18F3N3O. The van der Waals surface area contributed by atoms with Gasteiger partial charge in [-0.15, -0.1) is 0 Å². The average molecular weight is 301 g/mol. The number of amides is 1. The van der Waals surface area contributed by atoms with E-state index in [1.807, 2.05) is 6.92 Å². The Morgan fingerprint density at radius 1 is 1.33 bits per heavy atom. The molecule has 2 rings (SSSR count). The summed E-state index contributed by atoms with van der Waals surface area (Å²) in [5.74, 6) is 3.79. The zero-order valence-corrected chi connectivity index (χ0v) is 11.7. The summed E-state index contributed by atoms with van der Waals surface area (Å²) in [7, 11) is 0. The van der Waals surface area contributed by atoms with Gasteiger partial charge in [-0.05, 0) is 37.5 Å². The molecule has 1 heterocycles. The van der Waals surface area contributed by atoms with Gasteiger partial charge in [0.1, 0.15) is 0 Å². The number of nitrogens with two attached hydrogens (primary N) is 1. The van der Waals surface area contributed by atoms with Crippen LogP contribution in [-0.4, -0.2) is 30.1 Å². The highest BCUT2D eigenvalue weighted by atomic mass is 19.4. The highest BCUT2D eigenvalue weighted by Crippen LogP contribution is 2.34. The number of aryl methyl sites for hydroxylation is 1. The van der Waals surface area contributed by atoms with Crippen molar-refractivity contribution in [2.24, 2.45) is 11.8 Å². The molecule has 0 radical (unpaired) electrons. The van der Waals surface area contributed by atoms with Crippen LogP contribution in [0.5, 0.6) is 0 Å². The van der Waals surface area contributed by atoms with Crippen LogP contribution in [0.4, 0.5) is 18.9 Å². The number of likely N-dealkylation sites (tertiary alicyclic amines) is 1. The van der Waals surface area contributed by atoms with Crippen LogP contribution in [0.3, 0.4) is 0 Å². The molecule has 0 bridgehead atoms. The normalized spacial score (nSPS) is 16.9. The van der Waals surface area contributed by atoms with Crippen molar-refractivity contribution in [1.82, 2.24) is 4.90 Å². The highest BCUT2D eigenvalue weighted by molar-refractivity contribution is 5.99. The highest BCUT2D eigenvalue weighted by Gasteiger charge is 2.41. The molecule has 1 saturated heterocycles. The number of hydrazine groups is 1. The molecule has 21 heavy (non-hydrogen) atoms. The summed E-state index contributed by atoms with van der Waals surface area (Å²) in [4.78, 5) is 13.8. The summed E-state index contributed by atoms with van der Waals surface area (Å²) in [6.45, 7) is 2.09. The van der Waals surface area contributed by atoms with E-state index < -0.39 is 12.1 Å². The van der Waals surface area contributed by atoms with Gasteiger partial charge in [-0.1, -0.05) is 6.07 Å². The Hall–Kier alpha value is -1.76. The molecule has 0 unspecified atom stereocenters. The van der Waals surface area contributed by atoms with Crippen molar-refractivity contribution in [1.29, 1.82) is 0 Å². The number of benzene rings is 1. The van der Waals surface area contributed by atoms with E-state index in [1.54, 1.807) is 18.2 Å². The predicted molar refractivity (Wildman–Crippen MR) is 73.7 cm³/mol. The molecule has 0 aliphatic carbocycles. The summed E-state index contributed by atoms with van der Waals surface area (Å²) in [5.41, 5.74) is 4.27. The summed E-state index contributed by atoms with van der Waals surface area (Å²) < 4.78 is 37.9. The van der Waals surface area contributed by atoms with Crippen molar-refractivity contribution in [3.05, 3.63) is 29.3 Å². The van der Waals surface area contributed by atoms with E-state index in [9.17, 15) is 18.0 Å². The lowest BCUT2D eigenvalue weighted by molar-refractivity contribution is -0.183. The van der Waals surface area contributed by atoms with Gasteiger partial charge in [0.2, 0.25) is 0 Å². The minimum absolute atomic E-state index is 0.0491. The SMILES string of the molecule is Cc1ccc(C(=O)N2CCC(C(F)(F)F)CC2)c(NN)c1. The molecule has 1 fully saturated rings. The lowest BCUT2D eigenvalue weighted by Gasteiger charge is -2.33. The topological polar surface area (TPSA) is 58.4 Å². The first-order chi connectivity index (χ1) is 9.82. The molecule has 1 amide bonds. The number of halogens is 3. The molecule has 0 atom stereocenters. The number of nitrogen functional groups attached to an aromatic ring is 1. The second kappa shape index (κ2) is 5.93. The van der Waals surface area contributed by atoms with Gasteiger partial charge in [-0.2, -0.15) is 13.2 Å². The fourth-order valence-corrected chi connectivity index (χ4v) is 2.54. The molecule has 3 N–H and O–H groups in total. The van der Waals surface area contributed by atoms with E-state index >= 15 is 0 Å². The minimum atomic E-state index is -4.18. The number of anilines is 1. The van der Waals surface area contributed by atoms with E-state index in [0.29, 0.717) is 11.3 Å². The quantitative estimate of drug-likeness (QED) is 0.652. The standard InChI is InChI=1S/C14H18F3N3O/c1-9-2-3-11(12(8-9)19-18)13(21)20-6-4-10(5-7-20)14(15,16)17/h2-3,8,10,19H,4-7,18H2,1H3. The Morgan fingerprint density at radius 3 is 2.48 bits per heavy atom. The van der Waals surface area contributed by atoms with Crippen LogP contribution in [0.15, 0.2) is 18.2 Å². The number of rotatable bonds is 2. The molecule has 1 aliphatic heterocycles. The van der Waals surface area contributed by atoms with Crippen LogP contribution >= 0.6 is 0 Å². The van der Waals surface area contributed by atoms with Crippen LogP contribution < -0.4 is 11.3 Å². The van der Waals surface area contributed by atoms with Gasteiger partial charge in [0.05, 0.1) is 17.2 Å². The molecule has 116 valence electrons. The molecule has 0 saturated carbocycles. The number of nitrogens with one attached hydrogen (secondary N) is 1. The van der Waals surface area contributed by atoms with Gasteiger partial charge in [0, 0.05) is 13.1 Å². The molecule has 4 nitrogen and oxygen atoms in total. The summed E-state index contributed by atoms with van der Waals surface area (Å²) in [5, 5.41) is 0. The van der Waals surface area contributed by atoms with Gasteiger partial charge in [0.25, 0.3) is 5.91 Å². The first-order valence-electron chi connectivity index (χ1n) is 6.76.